The second kappa shape index (κ2) is 9.09. The Morgan fingerprint density at radius 3 is 2.19 bits per heavy atom. The van der Waals surface area contributed by atoms with Crippen LogP contribution in [0.25, 0.3) is 49.4 Å². The van der Waals surface area contributed by atoms with Crippen LogP contribution in [0, 0.1) is 0 Å². The molecule has 1 aromatic heterocycles. The fourth-order valence-electron chi connectivity index (χ4n) is 7.28. The van der Waals surface area contributed by atoms with Crippen molar-refractivity contribution in [3.63, 3.8) is 0 Å². The van der Waals surface area contributed by atoms with Crippen LogP contribution in [-0.2, 0) is 0 Å². The summed E-state index contributed by atoms with van der Waals surface area (Å²) in [4.78, 5) is 2.61. The summed E-state index contributed by atoms with van der Waals surface area (Å²) in [7, 11) is 0. The molecular formula is C40H28N2. The lowest BCUT2D eigenvalue weighted by Crippen LogP contribution is -2.28. The van der Waals surface area contributed by atoms with Gasteiger partial charge in [0.1, 0.15) is 0 Å². The molecule has 2 heterocycles. The van der Waals surface area contributed by atoms with Crippen molar-refractivity contribution >= 4 is 44.0 Å². The van der Waals surface area contributed by atoms with Crippen molar-refractivity contribution in [3.8, 4) is 16.8 Å². The standard InChI is InChI=1S/C40H28N2/c1-2-12-27(13-3-1)29-16-10-17-30(26-29)41-37-21-8-6-19-32(37)34-24-25-35-33-20-7-9-22-38(33)42(40(35)39(34)41)36-23-11-15-28-14-4-5-18-31(28)36/h1-26,33,38H. The maximum Gasteiger partial charge on any atom is 0.0782 e. The molecule has 198 valence electrons. The van der Waals surface area contributed by atoms with Crippen molar-refractivity contribution in [1.29, 1.82) is 0 Å². The number of nitrogens with zero attached hydrogens (tertiary/aromatic N) is 2. The highest BCUT2D eigenvalue weighted by Crippen LogP contribution is 2.53. The van der Waals surface area contributed by atoms with Crippen molar-refractivity contribution in [2.24, 2.45) is 0 Å². The first-order valence-electron chi connectivity index (χ1n) is 14.7. The minimum Gasteiger partial charge on any atom is -0.331 e. The smallest absolute Gasteiger partial charge is 0.0782 e. The lowest BCUT2D eigenvalue weighted by Gasteiger charge is -2.30. The Balaban J connectivity index is 1.40. The van der Waals surface area contributed by atoms with Crippen LogP contribution >= 0.6 is 0 Å². The van der Waals surface area contributed by atoms with Gasteiger partial charge in [0, 0.05) is 33.5 Å². The summed E-state index contributed by atoms with van der Waals surface area (Å²) in [6.45, 7) is 0. The molecule has 2 unspecified atom stereocenters. The Bertz CT molecular complexity index is 2210. The zero-order chi connectivity index (χ0) is 27.6. The molecule has 0 fully saturated rings. The van der Waals surface area contributed by atoms with E-state index in [0.29, 0.717) is 0 Å². The van der Waals surface area contributed by atoms with E-state index in [1.807, 2.05) is 0 Å². The molecule has 0 radical (unpaired) electrons. The van der Waals surface area contributed by atoms with Crippen molar-refractivity contribution in [3.05, 3.63) is 163 Å². The average Bonchev–Trinajstić information content (AvgIpc) is 3.58. The summed E-state index contributed by atoms with van der Waals surface area (Å²) in [5.74, 6) is 0.287. The molecule has 2 nitrogen and oxygen atoms in total. The Kier molecular flexibility index (Phi) is 5.06. The summed E-state index contributed by atoms with van der Waals surface area (Å²) in [6, 6.07) is 48.9. The predicted octanol–water partition coefficient (Wildman–Crippen LogP) is 10.3. The molecule has 2 heteroatoms. The molecule has 0 N–H and O–H groups in total. The summed E-state index contributed by atoms with van der Waals surface area (Å²) < 4.78 is 2.50. The van der Waals surface area contributed by atoms with E-state index in [-0.39, 0.29) is 12.0 Å². The second-order valence-electron chi connectivity index (χ2n) is 11.3. The summed E-state index contributed by atoms with van der Waals surface area (Å²) in [5, 5.41) is 5.10. The molecule has 0 spiro atoms. The zero-order valence-corrected chi connectivity index (χ0v) is 23.1. The van der Waals surface area contributed by atoms with Gasteiger partial charge in [0.05, 0.1) is 22.8 Å². The molecule has 0 amide bonds. The van der Waals surface area contributed by atoms with Gasteiger partial charge >= 0.3 is 0 Å². The molecule has 2 aliphatic rings. The zero-order valence-electron chi connectivity index (χ0n) is 23.1. The molecule has 42 heavy (non-hydrogen) atoms. The van der Waals surface area contributed by atoms with Crippen LogP contribution in [0.4, 0.5) is 11.4 Å². The topological polar surface area (TPSA) is 8.17 Å². The van der Waals surface area contributed by atoms with Crippen LogP contribution in [0.2, 0.25) is 0 Å². The predicted molar refractivity (Wildman–Crippen MR) is 177 cm³/mol. The van der Waals surface area contributed by atoms with Crippen LogP contribution in [0.5, 0.6) is 0 Å². The summed E-state index contributed by atoms with van der Waals surface area (Å²) in [5.41, 5.74) is 10.0. The van der Waals surface area contributed by atoms with Crippen LogP contribution in [0.15, 0.2) is 158 Å². The Hall–Kier alpha value is -5.34. The van der Waals surface area contributed by atoms with Gasteiger partial charge in [-0.25, -0.2) is 0 Å². The molecule has 0 bridgehead atoms. The maximum atomic E-state index is 2.61. The number of aromatic nitrogens is 1. The summed E-state index contributed by atoms with van der Waals surface area (Å²) >= 11 is 0. The van der Waals surface area contributed by atoms with Gasteiger partial charge in [0.25, 0.3) is 0 Å². The molecule has 2 atom stereocenters. The van der Waals surface area contributed by atoms with Crippen molar-refractivity contribution in [2.45, 2.75) is 12.0 Å². The van der Waals surface area contributed by atoms with Crippen LogP contribution in [0.1, 0.15) is 11.5 Å². The van der Waals surface area contributed by atoms with Gasteiger partial charge < -0.3 is 9.47 Å². The number of rotatable bonds is 3. The van der Waals surface area contributed by atoms with Gasteiger partial charge in [0.2, 0.25) is 0 Å². The van der Waals surface area contributed by atoms with E-state index in [0.717, 1.165) is 0 Å². The van der Waals surface area contributed by atoms with Crippen molar-refractivity contribution < 1.29 is 0 Å². The number of fused-ring (bicyclic) bond motifs is 8. The van der Waals surface area contributed by atoms with Gasteiger partial charge in [-0.3, -0.25) is 0 Å². The van der Waals surface area contributed by atoms with E-state index in [4.69, 9.17) is 0 Å². The first-order valence-corrected chi connectivity index (χ1v) is 14.7. The molecule has 6 aromatic carbocycles. The molecule has 9 rings (SSSR count). The van der Waals surface area contributed by atoms with Crippen LogP contribution in [0.3, 0.4) is 0 Å². The molecular weight excluding hydrogens is 508 g/mol. The third-order valence-corrected chi connectivity index (χ3v) is 9.08. The normalized spacial score (nSPS) is 17.3. The minimum absolute atomic E-state index is 0.212. The molecule has 1 aliphatic carbocycles. The lowest BCUT2D eigenvalue weighted by molar-refractivity contribution is 0.746. The quantitative estimate of drug-likeness (QED) is 0.218. The van der Waals surface area contributed by atoms with Gasteiger partial charge in [-0.15, -0.1) is 0 Å². The molecule has 7 aromatic rings. The van der Waals surface area contributed by atoms with Gasteiger partial charge in [-0.2, -0.15) is 0 Å². The van der Waals surface area contributed by atoms with Crippen LogP contribution < -0.4 is 4.90 Å². The van der Waals surface area contributed by atoms with Gasteiger partial charge in [-0.1, -0.05) is 133 Å². The highest BCUT2D eigenvalue weighted by atomic mass is 15.2. The minimum atomic E-state index is 0.212. The van der Waals surface area contributed by atoms with E-state index in [1.54, 1.807) is 0 Å². The second-order valence-corrected chi connectivity index (χ2v) is 11.3. The van der Waals surface area contributed by atoms with E-state index in [1.165, 1.54) is 66.3 Å². The van der Waals surface area contributed by atoms with Crippen molar-refractivity contribution in [1.82, 2.24) is 4.57 Å². The highest BCUT2D eigenvalue weighted by molar-refractivity contribution is 6.16. The van der Waals surface area contributed by atoms with E-state index in [9.17, 15) is 0 Å². The highest BCUT2D eigenvalue weighted by Gasteiger charge is 2.40. The third kappa shape index (κ3) is 3.33. The number of anilines is 2. The number of allylic oxidation sites excluding steroid dienone is 2. The largest absolute Gasteiger partial charge is 0.331 e. The maximum absolute atomic E-state index is 2.61. The van der Waals surface area contributed by atoms with E-state index >= 15 is 0 Å². The SMILES string of the molecule is C1=CC2c3ccc4c5ccccc5n(-c5cccc(-c6ccccc6)c5)c4c3N(c3cccc4ccccc34)C2C=C1. The van der Waals surface area contributed by atoms with E-state index in [2.05, 4.69) is 167 Å². The Morgan fingerprint density at radius 2 is 1.26 bits per heavy atom. The fraction of sp³-hybridized carbons (Fsp3) is 0.0500. The monoisotopic (exact) mass is 536 g/mol. The van der Waals surface area contributed by atoms with Crippen molar-refractivity contribution in [2.75, 3.05) is 4.90 Å². The van der Waals surface area contributed by atoms with Gasteiger partial charge in [-0.05, 0) is 46.3 Å². The average molecular weight is 537 g/mol. The fourth-order valence-corrected chi connectivity index (χ4v) is 7.28. The first-order chi connectivity index (χ1) is 20.9. The number of hydrogen-bond donors (Lipinski definition) is 0. The van der Waals surface area contributed by atoms with Crippen LogP contribution in [-0.4, -0.2) is 10.6 Å². The number of hydrogen-bond acceptors (Lipinski definition) is 1. The van der Waals surface area contributed by atoms with Gasteiger partial charge in [0.15, 0.2) is 0 Å². The first kappa shape index (κ1) is 23.4. The summed E-state index contributed by atoms with van der Waals surface area (Å²) in [6.07, 6.45) is 9.17. The lowest BCUT2D eigenvalue weighted by atomic mass is 9.91. The third-order valence-electron chi connectivity index (χ3n) is 9.08. The molecule has 0 saturated heterocycles. The number of para-hydroxylation sites is 1. The Labute approximate surface area is 245 Å². The van der Waals surface area contributed by atoms with E-state index < -0.39 is 0 Å². The Morgan fingerprint density at radius 1 is 0.524 bits per heavy atom. The molecule has 0 saturated carbocycles. The number of benzene rings is 6. The molecule has 1 aliphatic heterocycles.